The number of carboxylic acid groups (broad SMARTS) is 1. The van der Waals surface area contributed by atoms with Crippen LogP contribution in [-0.4, -0.2) is 211 Å². The summed E-state index contributed by atoms with van der Waals surface area (Å²) >= 11 is 4.01. The van der Waals surface area contributed by atoms with Gasteiger partial charge in [0.1, 0.15) is 83.7 Å². The molecule has 10 heterocycles. The van der Waals surface area contributed by atoms with Gasteiger partial charge in [-0.15, -0.1) is 23.5 Å². The fourth-order valence-corrected chi connectivity index (χ4v) is 13.9. The summed E-state index contributed by atoms with van der Waals surface area (Å²) in [4.78, 5) is 148. The molecule has 2 fully saturated rings. The molecule has 4 atom stereocenters. The molecule has 0 radical (unpaired) electrons. The van der Waals surface area contributed by atoms with Gasteiger partial charge in [-0.25, -0.2) is 27.5 Å². The number of thioether (sulfide) groups is 2. The molecule has 11 rings (SSSR count). The van der Waals surface area contributed by atoms with Gasteiger partial charge in [-0.05, 0) is 72.7 Å². The predicted molar refractivity (Wildman–Crippen MR) is 357 cm³/mol. The number of ether oxygens (including phenoxy) is 3. The Morgan fingerprint density at radius 1 is 0.725 bits per heavy atom. The van der Waals surface area contributed by atoms with Crippen LogP contribution in [0.15, 0.2) is 106 Å². The second-order valence-electron chi connectivity index (χ2n) is 23.2. The smallest absolute Gasteiger partial charge is 0.414 e. The minimum absolute atomic E-state index is 0. The van der Waals surface area contributed by atoms with Gasteiger partial charge in [-0.2, -0.15) is 18.7 Å². The van der Waals surface area contributed by atoms with E-state index in [0.717, 1.165) is 16.4 Å². The summed E-state index contributed by atoms with van der Waals surface area (Å²) in [6.45, 7) is 2.57. The molecular weight excluding hydrogens is 1530 g/mol. The molecule has 4 unspecified atom stereocenters. The number of likely N-dealkylation sites (N-methyl/N-ethyl adjacent to an activating group) is 2. The van der Waals surface area contributed by atoms with Gasteiger partial charge >= 0.3 is 23.4 Å². The van der Waals surface area contributed by atoms with Crippen molar-refractivity contribution in [3.63, 3.8) is 0 Å². The number of amides is 7. The van der Waals surface area contributed by atoms with Crippen molar-refractivity contribution < 1.29 is 114 Å². The maximum atomic E-state index is 14.0. The average molecular weight is 1600 g/mol. The first kappa shape index (κ1) is 77.7. The number of carbonyl (C=O) groups excluding carboxylic acids is 9. The number of oxime groups is 2. The molecule has 5 N–H and O–H groups in total. The molecule has 35 nitrogen and oxygen atoms in total. The fraction of sp³-hybridized carbons (Fsp3) is 0.383. The van der Waals surface area contributed by atoms with Crippen molar-refractivity contribution in [2.75, 3.05) is 71.6 Å². The average Bonchev–Trinajstić information content (AvgIpc) is 0.758. The van der Waals surface area contributed by atoms with Gasteiger partial charge in [-0.1, -0.05) is 29.9 Å². The molecule has 0 bridgehead atoms. The number of hydrogen-bond donors (Lipinski definition) is 4. The molecule has 42 heteroatoms. The Kier molecular flexibility index (Phi) is 25.6. The number of fused-ring (bicyclic) bond motifs is 4. The van der Waals surface area contributed by atoms with E-state index in [4.69, 9.17) is 19.9 Å². The Labute approximate surface area is 612 Å². The molecule has 7 amide bonds. The van der Waals surface area contributed by atoms with Crippen LogP contribution in [-0.2, 0) is 90.3 Å². The van der Waals surface area contributed by atoms with E-state index in [1.165, 1.54) is 51.7 Å². The van der Waals surface area contributed by atoms with Gasteiger partial charge in [0.05, 0.1) is 31.2 Å². The molecule has 0 spiro atoms. The van der Waals surface area contributed by atoms with Gasteiger partial charge in [0.2, 0.25) is 52.7 Å². The van der Waals surface area contributed by atoms with E-state index in [2.05, 4.69) is 64.6 Å². The number of hydrogen-bond acceptors (Lipinski definition) is 28. The number of anilines is 2. The number of methoxy groups -OCH3 is 1. The standard InChI is InChI=1S/C36H39FN10O9S2.C23H23FN10O6S2.CH4.HI/c1-36(2,3)56-35(52)41-34-40-28(43-58-34)25(42-55-18-37)30(49)39-26-31(50)47-27(33(51)54-16-20-9-11-22(53-6)12-10-20)21(17-57-32(26)47)14-45-13-7-8-23-29(45)38-19-46(23)15-24(48)44(4)5;1-31(2)13(35)7-33-10-26-18-12(33)4-3-5-32(18)6-11-8-41-21-15(20(37)34(21)16(11)22(38)39)27-19(36)14(29-40-9-24)17-28-23(25)42-30-17;;/h7-13,19,26,32H,14-18H2,1-6H3,(H-,39,40,41,43,49,52);3-5,10,15,21H,6-9H2,1-2H3,(H3-,25,27,28,30,36,38,39);1H4;1H/b42-25-;29-14-;;. The zero-order chi connectivity index (χ0) is 71.9. The summed E-state index contributed by atoms with van der Waals surface area (Å²) in [6.07, 6.45) is 5.76. The first-order valence-corrected chi connectivity index (χ1v) is 33.4. The largest absolute Gasteiger partial charge is 1.00 e. The molecule has 4 aliphatic rings. The van der Waals surface area contributed by atoms with E-state index in [1.54, 1.807) is 124 Å². The number of β-lactam (4-membered cyclic amide) rings is 2. The summed E-state index contributed by atoms with van der Waals surface area (Å²) in [5, 5.41) is 25.1. The fourth-order valence-electron chi connectivity index (χ4n) is 10.2. The Hall–Kier alpha value is -10.1. The first-order chi connectivity index (χ1) is 47.8. The molecule has 102 heavy (non-hydrogen) atoms. The van der Waals surface area contributed by atoms with E-state index in [-0.39, 0.29) is 121 Å². The third-order valence-electron chi connectivity index (χ3n) is 15.0. The molecule has 4 aliphatic heterocycles. The number of esters is 1. The number of nitrogens with one attached hydrogen (secondary N) is 3. The van der Waals surface area contributed by atoms with Gasteiger partial charge in [0.15, 0.2) is 5.13 Å². The number of alkyl halides is 2. The van der Waals surface area contributed by atoms with E-state index in [0.29, 0.717) is 56.3 Å². The minimum atomic E-state index is -1.55. The topological polar surface area (TPSA) is 418 Å². The Morgan fingerprint density at radius 2 is 1.21 bits per heavy atom. The van der Waals surface area contributed by atoms with Gasteiger partial charge in [-0.3, -0.25) is 53.0 Å². The lowest BCUT2D eigenvalue weighted by Crippen LogP contribution is -3.00. The minimum Gasteiger partial charge on any atom is -1.00 e. The zero-order valence-electron chi connectivity index (χ0n) is 54.7. The third-order valence-corrected chi connectivity index (χ3v) is 18.8. The number of carboxylic acids is 1. The monoisotopic (exact) mass is 1600 g/mol. The van der Waals surface area contributed by atoms with Crippen LogP contribution in [0.1, 0.15) is 45.4 Å². The summed E-state index contributed by atoms with van der Waals surface area (Å²) < 4.78 is 56.6. The predicted octanol–water partition coefficient (Wildman–Crippen LogP) is -2.40. The molecule has 542 valence electrons. The number of aromatic nitrogens is 10. The van der Waals surface area contributed by atoms with Crippen molar-refractivity contribution in [1.29, 1.82) is 0 Å². The van der Waals surface area contributed by atoms with E-state index < -0.39 is 95.2 Å². The highest BCUT2D eigenvalue weighted by Crippen LogP contribution is 2.42. The van der Waals surface area contributed by atoms with Crippen LogP contribution in [0.25, 0.3) is 22.3 Å². The van der Waals surface area contributed by atoms with Crippen molar-refractivity contribution >= 4 is 144 Å². The summed E-state index contributed by atoms with van der Waals surface area (Å²) in [7, 11) is 8.17. The van der Waals surface area contributed by atoms with Crippen LogP contribution in [0.4, 0.5) is 23.8 Å². The SMILES string of the molecule is C.CN(C)C(=O)Cn1cnc2c1ccc[n+]2CC1=C(C(=O)[O-])N2C(=O)C(NC(=O)/C(=N\OCF)c3nsc(N)n3)C2SC1.COc1ccc(COC(=O)C2=C(C[n+]3cccc4c3ncn4CC(=O)N(C)C)CSC3C(NC(=O)/C(=N\OCF)c4nsc(NC(=O)OC(C)(C)C)n4)C(=O)N23)cc1.[I-]. The molecule has 1 aromatic carbocycles. The van der Waals surface area contributed by atoms with Crippen LogP contribution in [0.3, 0.4) is 0 Å². The van der Waals surface area contributed by atoms with E-state index >= 15 is 0 Å². The molecule has 2 saturated heterocycles. The number of nitrogen functional groups attached to an aromatic ring is 1. The Morgan fingerprint density at radius 3 is 1.66 bits per heavy atom. The number of pyridine rings is 2. The lowest BCUT2D eigenvalue weighted by molar-refractivity contribution is -0.665. The van der Waals surface area contributed by atoms with E-state index in [9.17, 15) is 57.0 Å². The maximum absolute atomic E-state index is 14.0. The zero-order valence-corrected chi connectivity index (χ0v) is 60.1. The quantitative estimate of drug-likeness (QED) is 0.0122. The Balaban J connectivity index is 0.000000266. The number of nitrogens with two attached hydrogens (primary N) is 1. The van der Waals surface area contributed by atoms with Crippen molar-refractivity contribution in [3.05, 3.63) is 113 Å². The molecule has 0 saturated carbocycles. The number of aliphatic carboxylic acids is 1. The number of nitrogens with zero attached hydrogens (tertiary/aromatic N) is 16. The molecule has 6 aromatic heterocycles. The Bertz CT molecular complexity index is 4500. The second-order valence-corrected chi connectivity index (χ2v) is 27.0. The van der Waals surface area contributed by atoms with Crippen LogP contribution in [0.5, 0.6) is 5.75 Å². The molecule has 7 aromatic rings. The van der Waals surface area contributed by atoms with Crippen molar-refractivity contribution in [2.45, 2.75) is 89.4 Å². The van der Waals surface area contributed by atoms with Gasteiger partial charge in [0, 0.05) is 73.9 Å². The number of halogens is 3. The second kappa shape index (κ2) is 33.6. The summed E-state index contributed by atoms with van der Waals surface area (Å²) in [6, 6.07) is 11.8. The van der Waals surface area contributed by atoms with Gasteiger partial charge in [0.25, 0.3) is 37.4 Å². The van der Waals surface area contributed by atoms with Crippen molar-refractivity contribution in [2.24, 2.45) is 10.3 Å². The summed E-state index contributed by atoms with van der Waals surface area (Å²) in [5.41, 5.74) is 7.43. The number of carbonyl (C=O) groups is 9. The van der Waals surface area contributed by atoms with Crippen LogP contribution in [0, 0.1) is 0 Å². The number of imidazole rings is 2. The normalized spacial score (nSPS) is 17.1. The van der Waals surface area contributed by atoms with Crippen LogP contribution < -0.4 is 64.6 Å². The number of rotatable bonds is 24. The van der Waals surface area contributed by atoms with Gasteiger partial charge < -0.3 is 83.9 Å². The lowest BCUT2D eigenvalue weighted by atomic mass is 10.0. The van der Waals surface area contributed by atoms with Crippen molar-refractivity contribution in [1.82, 2.24) is 68.1 Å². The highest BCUT2D eigenvalue weighted by Gasteiger charge is 2.56. The van der Waals surface area contributed by atoms with Crippen molar-refractivity contribution in [3.8, 4) is 5.75 Å². The molecular formula is C60H67F2IN20O15S4. The van der Waals surface area contributed by atoms with E-state index in [1.807, 2.05) is 10.6 Å². The third kappa shape index (κ3) is 17.4. The first-order valence-electron chi connectivity index (χ1n) is 29.8. The molecule has 0 aliphatic carbocycles. The summed E-state index contributed by atoms with van der Waals surface area (Å²) in [5.74, 6) is -5.26. The highest BCUT2D eigenvalue weighted by molar-refractivity contribution is 8.00. The number of benzene rings is 1. The van der Waals surface area contributed by atoms with Crippen LogP contribution >= 0.6 is 46.6 Å². The highest BCUT2D eigenvalue weighted by atomic mass is 127. The lowest BCUT2D eigenvalue weighted by Gasteiger charge is -2.50. The maximum Gasteiger partial charge on any atom is 0.414 e. The van der Waals surface area contributed by atoms with Crippen LogP contribution in [0.2, 0.25) is 0 Å².